The third-order valence-corrected chi connectivity index (χ3v) is 4.46. The first-order valence-corrected chi connectivity index (χ1v) is 8.59. The van der Waals surface area contributed by atoms with E-state index >= 15 is 0 Å². The fourth-order valence-electron chi connectivity index (χ4n) is 2.38. The number of imidazole rings is 1. The molecule has 3 rings (SSSR count). The normalized spacial score (nSPS) is 10.8. The summed E-state index contributed by atoms with van der Waals surface area (Å²) in [4.78, 5) is 29.0. The zero-order valence-corrected chi connectivity index (χ0v) is 14.3. The smallest absolute Gasteiger partial charge is 0.278 e. The topological polar surface area (TPSA) is 75.5 Å². The third kappa shape index (κ3) is 3.16. The van der Waals surface area contributed by atoms with Crippen LogP contribution in [0.5, 0.6) is 0 Å². The van der Waals surface area contributed by atoms with Crippen molar-refractivity contribution >= 4 is 28.1 Å². The molecular formula is C17H18N4O2S. The Labute approximate surface area is 143 Å². The van der Waals surface area contributed by atoms with Gasteiger partial charge in [0.15, 0.2) is 4.96 Å². The largest absolute Gasteiger partial charge is 0.287 e. The maximum Gasteiger partial charge on any atom is 0.287 e. The van der Waals surface area contributed by atoms with Gasteiger partial charge >= 0.3 is 0 Å². The summed E-state index contributed by atoms with van der Waals surface area (Å²) in [6, 6.07) is 8.04. The predicted octanol–water partition coefficient (Wildman–Crippen LogP) is 2.93. The Morgan fingerprint density at radius 3 is 2.67 bits per heavy atom. The van der Waals surface area contributed by atoms with Gasteiger partial charge < -0.3 is 0 Å². The second-order valence-electron chi connectivity index (χ2n) is 5.50. The summed E-state index contributed by atoms with van der Waals surface area (Å²) < 4.78 is 1.80. The van der Waals surface area contributed by atoms with Crippen molar-refractivity contribution in [3.05, 3.63) is 47.1 Å². The lowest BCUT2D eigenvalue weighted by molar-refractivity contribution is -0.121. The van der Waals surface area contributed by atoms with Crippen LogP contribution in [-0.2, 0) is 4.79 Å². The van der Waals surface area contributed by atoms with E-state index in [2.05, 4.69) is 15.8 Å². The van der Waals surface area contributed by atoms with E-state index < -0.39 is 0 Å². The number of hydrogen-bond acceptors (Lipinski definition) is 4. The molecule has 0 radical (unpaired) electrons. The SMILES string of the molecule is CCCC(=O)NNC(=O)c1csc2ncc(-c3ccc(C)cc3)n12. The van der Waals surface area contributed by atoms with Crippen molar-refractivity contribution in [3.8, 4) is 11.3 Å². The number of rotatable bonds is 4. The number of fused-ring (bicyclic) bond motifs is 1. The number of amides is 2. The molecule has 6 nitrogen and oxygen atoms in total. The fourth-order valence-corrected chi connectivity index (χ4v) is 3.22. The van der Waals surface area contributed by atoms with Crippen molar-refractivity contribution in [2.24, 2.45) is 0 Å². The lowest BCUT2D eigenvalue weighted by Gasteiger charge is -2.07. The summed E-state index contributed by atoms with van der Waals surface area (Å²) in [6.45, 7) is 3.93. The molecule has 7 heteroatoms. The Morgan fingerprint density at radius 2 is 1.96 bits per heavy atom. The molecular weight excluding hydrogens is 324 g/mol. The van der Waals surface area contributed by atoms with Crippen LogP contribution < -0.4 is 10.9 Å². The van der Waals surface area contributed by atoms with Crippen LogP contribution in [0.3, 0.4) is 0 Å². The van der Waals surface area contributed by atoms with E-state index in [0.29, 0.717) is 12.1 Å². The molecule has 2 heterocycles. The van der Waals surface area contributed by atoms with Gasteiger partial charge in [-0.05, 0) is 13.3 Å². The standard InChI is InChI=1S/C17H18N4O2S/c1-3-4-15(22)19-20-16(23)14-10-24-17-18-9-13(21(14)17)12-7-5-11(2)6-8-12/h5-10H,3-4H2,1-2H3,(H,19,22)(H,20,23). The molecule has 24 heavy (non-hydrogen) atoms. The highest BCUT2D eigenvalue weighted by atomic mass is 32.1. The lowest BCUT2D eigenvalue weighted by Crippen LogP contribution is -2.41. The van der Waals surface area contributed by atoms with Crippen molar-refractivity contribution in [3.63, 3.8) is 0 Å². The molecule has 0 fully saturated rings. The van der Waals surface area contributed by atoms with Crippen LogP contribution in [0.15, 0.2) is 35.8 Å². The van der Waals surface area contributed by atoms with Gasteiger partial charge in [0.1, 0.15) is 5.69 Å². The second-order valence-corrected chi connectivity index (χ2v) is 6.34. The van der Waals surface area contributed by atoms with E-state index in [1.165, 1.54) is 16.9 Å². The number of carbonyl (C=O) groups excluding carboxylic acids is 2. The van der Waals surface area contributed by atoms with Crippen molar-refractivity contribution in [1.29, 1.82) is 0 Å². The van der Waals surface area contributed by atoms with Gasteiger partial charge in [-0.25, -0.2) is 4.98 Å². The number of aromatic nitrogens is 2. The molecule has 0 atom stereocenters. The zero-order valence-electron chi connectivity index (χ0n) is 13.5. The van der Waals surface area contributed by atoms with Gasteiger partial charge in [0.2, 0.25) is 5.91 Å². The van der Waals surface area contributed by atoms with Crippen LogP contribution >= 0.6 is 11.3 Å². The number of hydrazine groups is 1. The first-order valence-electron chi connectivity index (χ1n) is 7.71. The zero-order chi connectivity index (χ0) is 17.1. The van der Waals surface area contributed by atoms with Crippen LogP contribution in [0.4, 0.5) is 0 Å². The molecule has 0 saturated carbocycles. The molecule has 124 valence electrons. The lowest BCUT2D eigenvalue weighted by atomic mass is 10.1. The van der Waals surface area contributed by atoms with Crippen LogP contribution in [0.25, 0.3) is 16.2 Å². The summed E-state index contributed by atoms with van der Waals surface area (Å²) in [5.41, 5.74) is 8.32. The molecule has 0 aliphatic rings. The number of nitrogens with one attached hydrogen (secondary N) is 2. The molecule has 0 aliphatic carbocycles. The van der Waals surface area contributed by atoms with Gasteiger partial charge in [0.05, 0.1) is 11.9 Å². The minimum Gasteiger partial charge on any atom is -0.278 e. The summed E-state index contributed by atoms with van der Waals surface area (Å²) in [5, 5.41) is 1.74. The second kappa shape index (κ2) is 6.84. The van der Waals surface area contributed by atoms with Gasteiger partial charge in [-0.1, -0.05) is 36.8 Å². The quantitative estimate of drug-likeness (QED) is 0.716. The predicted molar refractivity (Wildman–Crippen MR) is 93.8 cm³/mol. The molecule has 0 saturated heterocycles. The van der Waals surface area contributed by atoms with Crippen molar-refractivity contribution in [1.82, 2.24) is 20.2 Å². The van der Waals surface area contributed by atoms with E-state index in [0.717, 1.165) is 22.6 Å². The van der Waals surface area contributed by atoms with Gasteiger partial charge in [-0.2, -0.15) is 0 Å². The fraction of sp³-hybridized carbons (Fsp3) is 0.235. The summed E-state index contributed by atoms with van der Waals surface area (Å²) in [7, 11) is 0. The number of benzene rings is 1. The van der Waals surface area contributed by atoms with Crippen LogP contribution in [0.2, 0.25) is 0 Å². The molecule has 2 N–H and O–H groups in total. The number of carbonyl (C=O) groups is 2. The third-order valence-electron chi connectivity index (χ3n) is 3.62. The monoisotopic (exact) mass is 342 g/mol. The molecule has 0 aliphatic heterocycles. The van der Waals surface area contributed by atoms with E-state index in [1.807, 2.05) is 38.1 Å². The summed E-state index contributed by atoms with van der Waals surface area (Å²) >= 11 is 1.38. The first kappa shape index (κ1) is 16.2. The number of thiazole rings is 1. The van der Waals surface area contributed by atoms with E-state index in [4.69, 9.17) is 0 Å². The summed E-state index contributed by atoms with van der Waals surface area (Å²) in [5.74, 6) is -0.571. The van der Waals surface area contributed by atoms with Crippen LogP contribution in [0, 0.1) is 6.92 Å². The van der Waals surface area contributed by atoms with Crippen LogP contribution in [0.1, 0.15) is 35.8 Å². The average molecular weight is 342 g/mol. The average Bonchev–Trinajstić information content (AvgIpc) is 3.16. The molecule has 1 aromatic carbocycles. The maximum absolute atomic E-state index is 12.4. The van der Waals surface area contributed by atoms with E-state index in [-0.39, 0.29) is 11.8 Å². The number of hydrogen-bond donors (Lipinski definition) is 2. The molecule has 3 aromatic rings. The van der Waals surface area contributed by atoms with Crippen molar-refractivity contribution < 1.29 is 9.59 Å². The highest BCUT2D eigenvalue weighted by molar-refractivity contribution is 7.15. The van der Waals surface area contributed by atoms with E-state index in [9.17, 15) is 9.59 Å². The Morgan fingerprint density at radius 1 is 1.21 bits per heavy atom. The minimum absolute atomic E-state index is 0.207. The van der Waals surface area contributed by atoms with Gasteiger partial charge in [0.25, 0.3) is 5.91 Å². The molecule has 0 bridgehead atoms. The molecule has 2 amide bonds. The maximum atomic E-state index is 12.4. The molecule has 0 spiro atoms. The van der Waals surface area contributed by atoms with Gasteiger partial charge in [-0.3, -0.25) is 24.8 Å². The number of aryl methyl sites for hydroxylation is 1. The molecule has 2 aromatic heterocycles. The Balaban J connectivity index is 1.89. The van der Waals surface area contributed by atoms with Crippen LogP contribution in [-0.4, -0.2) is 21.2 Å². The van der Waals surface area contributed by atoms with Gasteiger partial charge in [0, 0.05) is 17.4 Å². The first-order chi connectivity index (χ1) is 11.6. The Bertz CT molecular complexity index is 880. The Kier molecular flexibility index (Phi) is 4.61. The summed E-state index contributed by atoms with van der Waals surface area (Å²) in [6.07, 6.45) is 2.85. The minimum atomic E-state index is -0.364. The van der Waals surface area contributed by atoms with Gasteiger partial charge in [-0.15, -0.1) is 11.3 Å². The Hall–Kier alpha value is -2.67. The highest BCUT2D eigenvalue weighted by Gasteiger charge is 2.17. The van der Waals surface area contributed by atoms with E-state index in [1.54, 1.807) is 16.0 Å². The number of nitrogens with zero attached hydrogens (tertiary/aromatic N) is 2. The molecule has 0 unspecified atom stereocenters. The van der Waals surface area contributed by atoms with Crippen molar-refractivity contribution in [2.75, 3.05) is 0 Å². The highest BCUT2D eigenvalue weighted by Crippen LogP contribution is 2.26. The van der Waals surface area contributed by atoms with Crippen molar-refractivity contribution in [2.45, 2.75) is 26.7 Å².